The number of nitro groups is 2. The Labute approximate surface area is 154 Å². The van der Waals surface area contributed by atoms with Crippen molar-refractivity contribution in [2.45, 2.75) is 0 Å². The van der Waals surface area contributed by atoms with Crippen molar-refractivity contribution in [3.8, 4) is 0 Å². The molecule has 10 heteroatoms. The number of hydrogen-bond acceptors (Lipinski definition) is 8. The zero-order valence-corrected chi connectivity index (χ0v) is 14.6. The topological polar surface area (TPSA) is 105 Å². The summed E-state index contributed by atoms with van der Waals surface area (Å²) in [5.74, 6) is 0. The van der Waals surface area contributed by atoms with E-state index >= 15 is 0 Å². The first-order chi connectivity index (χ1) is 12.6. The van der Waals surface area contributed by atoms with Crippen LogP contribution in [0.15, 0.2) is 48.5 Å². The molecule has 136 valence electrons. The third-order valence-electron chi connectivity index (χ3n) is 4.04. The Morgan fingerprint density at radius 1 is 0.846 bits per heavy atom. The Balaban J connectivity index is 1.58. The summed E-state index contributed by atoms with van der Waals surface area (Å²) in [5.41, 5.74) is 1.20. The van der Waals surface area contributed by atoms with E-state index in [0.29, 0.717) is 37.6 Å². The summed E-state index contributed by atoms with van der Waals surface area (Å²) in [6.45, 7) is 2.61. The lowest BCUT2D eigenvalue weighted by Gasteiger charge is -2.34. The van der Waals surface area contributed by atoms with Crippen molar-refractivity contribution in [1.29, 1.82) is 0 Å². The molecule has 0 aromatic heterocycles. The van der Waals surface area contributed by atoms with Gasteiger partial charge in [0.1, 0.15) is 11.4 Å². The second-order valence-corrected chi connectivity index (χ2v) is 6.53. The van der Waals surface area contributed by atoms with E-state index in [4.69, 9.17) is 0 Å². The summed E-state index contributed by atoms with van der Waals surface area (Å²) >= 11 is 1.31. The highest BCUT2D eigenvalue weighted by atomic mass is 32.2. The van der Waals surface area contributed by atoms with E-state index in [0.717, 1.165) is 0 Å². The second-order valence-electron chi connectivity index (χ2n) is 5.63. The zero-order chi connectivity index (χ0) is 18.5. The molecule has 1 heterocycles. The number of rotatable bonds is 6. The highest BCUT2D eigenvalue weighted by Gasteiger charge is 2.24. The Morgan fingerprint density at radius 2 is 1.42 bits per heavy atom. The molecular weight excluding hydrogens is 358 g/mol. The maximum Gasteiger partial charge on any atom is 0.293 e. The van der Waals surface area contributed by atoms with Crippen LogP contribution in [0.2, 0.25) is 0 Å². The van der Waals surface area contributed by atoms with Crippen molar-refractivity contribution in [2.75, 3.05) is 35.8 Å². The highest BCUT2D eigenvalue weighted by Crippen LogP contribution is 2.30. The molecule has 0 unspecified atom stereocenters. The van der Waals surface area contributed by atoms with Crippen molar-refractivity contribution < 1.29 is 9.85 Å². The summed E-state index contributed by atoms with van der Waals surface area (Å²) < 4.78 is 5.07. The van der Waals surface area contributed by atoms with Crippen LogP contribution in [0.4, 0.5) is 22.7 Å². The number of piperazine rings is 1. The van der Waals surface area contributed by atoms with Crippen molar-refractivity contribution in [2.24, 2.45) is 0 Å². The number of hydrogen-bond donors (Lipinski definition) is 1. The Morgan fingerprint density at radius 3 is 2.08 bits per heavy atom. The Kier molecular flexibility index (Phi) is 5.54. The number of benzene rings is 2. The largest absolute Gasteiger partial charge is 0.363 e. The van der Waals surface area contributed by atoms with E-state index in [2.05, 4.69) is 4.72 Å². The molecule has 0 aliphatic carbocycles. The van der Waals surface area contributed by atoms with Gasteiger partial charge in [0, 0.05) is 50.4 Å². The van der Waals surface area contributed by atoms with E-state index in [9.17, 15) is 20.2 Å². The number of nitrogens with zero attached hydrogens (tertiary/aromatic N) is 4. The molecule has 0 saturated carbocycles. The fraction of sp³-hybridized carbons (Fsp3) is 0.250. The number of nitrogens with one attached hydrogen (secondary N) is 1. The molecule has 0 spiro atoms. The van der Waals surface area contributed by atoms with Crippen LogP contribution in [0, 0.1) is 20.2 Å². The summed E-state index contributed by atoms with van der Waals surface area (Å²) in [4.78, 5) is 23.4. The number of nitro benzene ring substituents is 2. The fourth-order valence-corrected chi connectivity index (χ4v) is 3.49. The summed E-state index contributed by atoms with van der Waals surface area (Å²) in [5, 5.41) is 22.2. The molecule has 0 amide bonds. The molecule has 9 nitrogen and oxygen atoms in total. The Hall–Kier alpha value is -2.85. The Bertz CT molecular complexity index is 811. The van der Waals surface area contributed by atoms with Gasteiger partial charge in [-0.2, -0.15) is 0 Å². The van der Waals surface area contributed by atoms with E-state index in [-0.39, 0.29) is 16.3 Å². The normalized spacial score (nSPS) is 14.8. The molecule has 3 rings (SSSR count). The second kappa shape index (κ2) is 8.02. The van der Waals surface area contributed by atoms with Crippen LogP contribution in [0.25, 0.3) is 0 Å². The lowest BCUT2D eigenvalue weighted by molar-refractivity contribution is -0.384. The van der Waals surface area contributed by atoms with Crippen LogP contribution in [0.5, 0.6) is 0 Å². The molecular formula is C16H17N5O4S. The van der Waals surface area contributed by atoms with Crippen LogP contribution in [0.1, 0.15) is 0 Å². The van der Waals surface area contributed by atoms with Crippen LogP contribution >= 0.6 is 12.1 Å². The van der Waals surface area contributed by atoms with Gasteiger partial charge in [-0.25, -0.2) is 4.31 Å². The van der Waals surface area contributed by atoms with Gasteiger partial charge in [0.2, 0.25) is 0 Å². The van der Waals surface area contributed by atoms with Crippen molar-refractivity contribution in [1.82, 2.24) is 4.31 Å². The van der Waals surface area contributed by atoms with Gasteiger partial charge in [-0.3, -0.25) is 20.2 Å². The summed E-state index contributed by atoms with van der Waals surface area (Å²) in [7, 11) is 0. The third kappa shape index (κ3) is 4.03. The summed E-state index contributed by atoms with van der Waals surface area (Å²) in [6.07, 6.45) is 0. The van der Waals surface area contributed by atoms with Gasteiger partial charge in [0.15, 0.2) is 0 Å². The van der Waals surface area contributed by atoms with Crippen LogP contribution in [0.3, 0.4) is 0 Å². The van der Waals surface area contributed by atoms with Gasteiger partial charge >= 0.3 is 0 Å². The standard InChI is InChI=1S/C16H17N5O4S/c22-20(23)14-6-2-1-5-13(14)17-26-19-11-9-18(10-12-19)15-7-3-4-8-16(15)21(24)25/h1-8,17H,9-12H2. The average Bonchev–Trinajstić information content (AvgIpc) is 2.67. The van der Waals surface area contributed by atoms with E-state index < -0.39 is 4.92 Å². The molecule has 1 fully saturated rings. The molecule has 1 N–H and O–H groups in total. The average molecular weight is 375 g/mol. The maximum atomic E-state index is 11.2. The smallest absolute Gasteiger partial charge is 0.293 e. The zero-order valence-electron chi connectivity index (χ0n) is 13.8. The fourth-order valence-electron chi connectivity index (χ4n) is 2.74. The van der Waals surface area contributed by atoms with Gasteiger partial charge in [-0.1, -0.05) is 24.3 Å². The van der Waals surface area contributed by atoms with Crippen molar-refractivity contribution in [3.05, 3.63) is 68.8 Å². The molecule has 0 radical (unpaired) electrons. The minimum atomic E-state index is -0.421. The quantitative estimate of drug-likeness (QED) is 0.466. The van der Waals surface area contributed by atoms with Gasteiger partial charge < -0.3 is 9.62 Å². The number of para-hydroxylation sites is 4. The molecule has 2 aromatic rings. The maximum absolute atomic E-state index is 11.2. The lowest BCUT2D eigenvalue weighted by Crippen LogP contribution is -2.44. The lowest BCUT2D eigenvalue weighted by atomic mass is 10.2. The van der Waals surface area contributed by atoms with E-state index in [1.54, 1.807) is 36.4 Å². The summed E-state index contributed by atoms with van der Waals surface area (Å²) in [6, 6.07) is 13.2. The highest BCUT2D eigenvalue weighted by molar-refractivity contribution is 7.98. The molecule has 1 aliphatic heterocycles. The molecule has 2 aromatic carbocycles. The number of anilines is 2. The van der Waals surface area contributed by atoms with Gasteiger partial charge in [-0.05, 0) is 12.1 Å². The van der Waals surface area contributed by atoms with Crippen LogP contribution in [-0.2, 0) is 0 Å². The van der Waals surface area contributed by atoms with Gasteiger partial charge in [-0.15, -0.1) is 0 Å². The first-order valence-corrected chi connectivity index (χ1v) is 8.73. The first-order valence-electron chi connectivity index (χ1n) is 7.96. The SMILES string of the molecule is O=[N+]([O-])c1ccccc1NSN1CCN(c2ccccc2[N+](=O)[O-])CC1. The minimum absolute atomic E-state index is 0.0264. The van der Waals surface area contributed by atoms with Crippen molar-refractivity contribution >= 4 is 34.9 Å². The van der Waals surface area contributed by atoms with Crippen LogP contribution in [-0.4, -0.2) is 40.3 Å². The van der Waals surface area contributed by atoms with E-state index in [1.807, 2.05) is 9.21 Å². The van der Waals surface area contributed by atoms with E-state index in [1.165, 1.54) is 24.3 Å². The molecule has 1 aliphatic rings. The van der Waals surface area contributed by atoms with Crippen molar-refractivity contribution in [3.63, 3.8) is 0 Å². The van der Waals surface area contributed by atoms with Crippen LogP contribution < -0.4 is 9.62 Å². The third-order valence-corrected chi connectivity index (χ3v) is 4.98. The van der Waals surface area contributed by atoms with Gasteiger partial charge in [0.25, 0.3) is 11.4 Å². The van der Waals surface area contributed by atoms with Gasteiger partial charge in [0.05, 0.1) is 9.85 Å². The molecule has 26 heavy (non-hydrogen) atoms. The molecule has 0 atom stereocenters. The molecule has 1 saturated heterocycles. The first kappa shape index (κ1) is 18.0. The minimum Gasteiger partial charge on any atom is -0.363 e. The monoisotopic (exact) mass is 375 g/mol. The predicted molar refractivity (Wildman–Crippen MR) is 101 cm³/mol. The predicted octanol–water partition coefficient (Wildman–Crippen LogP) is 3.30. The molecule has 0 bridgehead atoms.